The number of anilines is 1. The van der Waals surface area contributed by atoms with Gasteiger partial charge in [-0.15, -0.1) is 0 Å². The predicted octanol–water partition coefficient (Wildman–Crippen LogP) is 3.81. The van der Waals surface area contributed by atoms with Gasteiger partial charge in [0.05, 0.1) is 24.6 Å². The van der Waals surface area contributed by atoms with Crippen molar-refractivity contribution in [3.8, 4) is 5.75 Å². The fourth-order valence-corrected chi connectivity index (χ4v) is 3.92. The Balaban J connectivity index is 1.81. The molecule has 0 fully saturated rings. The number of benzene rings is 3. The summed E-state index contributed by atoms with van der Waals surface area (Å²) in [4.78, 5) is 40.0. The van der Waals surface area contributed by atoms with Crippen molar-refractivity contribution in [1.29, 1.82) is 0 Å². The van der Waals surface area contributed by atoms with E-state index in [1.807, 2.05) is 37.3 Å². The van der Waals surface area contributed by atoms with Gasteiger partial charge in [0.2, 0.25) is 5.91 Å². The highest BCUT2D eigenvalue weighted by atomic mass is 16.5. The van der Waals surface area contributed by atoms with Gasteiger partial charge in [-0.2, -0.15) is 0 Å². The van der Waals surface area contributed by atoms with Crippen molar-refractivity contribution in [2.24, 2.45) is 0 Å². The Hall–Kier alpha value is -4.13. The Morgan fingerprint density at radius 3 is 2.27 bits per heavy atom. The first-order chi connectivity index (χ1) is 16.0. The molecule has 168 valence electrons. The quantitative estimate of drug-likeness (QED) is 0.471. The molecule has 3 aromatic carbocycles. The molecule has 1 heterocycles. The number of carbonyl (C=O) groups is 1. The van der Waals surface area contributed by atoms with Gasteiger partial charge in [-0.05, 0) is 48.4 Å². The number of amides is 1. The Kier molecular flexibility index (Phi) is 6.40. The van der Waals surface area contributed by atoms with E-state index in [4.69, 9.17) is 4.74 Å². The minimum atomic E-state index is -0.799. The van der Waals surface area contributed by atoms with Crippen LogP contribution in [0.4, 0.5) is 5.69 Å². The van der Waals surface area contributed by atoms with E-state index in [1.165, 1.54) is 9.13 Å². The third-order valence-corrected chi connectivity index (χ3v) is 5.62. The SMILES string of the molecule is CC[C@H](C(=O)Nc1ccc(OC)cc1)n1c(=O)n(Cc2ccccc2)c(=O)c2ccccc21. The second kappa shape index (κ2) is 9.56. The van der Waals surface area contributed by atoms with Crippen LogP contribution >= 0.6 is 0 Å². The number of fused-ring (bicyclic) bond motifs is 1. The fraction of sp³-hybridized carbons (Fsp3) is 0.192. The van der Waals surface area contributed by atoms with Crippen molar-refractivity contribution in [2.45, 2.75) is 25.9 Å². The Morgan fingerprint density at radius 2 is 1.61 bits per heavy atom. The van der Waals surface area contributed by atoms with Crippen molar-refractivity contribution in [2.75, 3.05) is 12.4 Å². The van der Waals surface area contributed by atoms with E-state index in [0.29, 0.717) is 28.8 Å². The zero-order valence-electron chi connectivity index (χ0n) is 18.5. The van der Waals surface area contributed by atoms with E-state index in [-0.39, 0.29) is 18.0 Å². The number of nitrogens with zero attached hydrogens (tertiary/aromatic N) is 2. The molecular formula is C26H25N3O4. The number of carbonyl (C=O) groups excluding carboxylic acids is 1. The van der Waals surface area contributed by atoms with Gasteiger partial charge in [0.25, 0.3) is 5.56 Å². The lowest BCUT2D eigenvalue weighted by Crippen LogP contribution is -2.44. The molecule has 4 rings (SSSR count). The van der Waals surface area contributed by atoms with Gasteiger partial charge in [0.15, 0.2) is 0 Å². The van der Waals surface area contributed by atoms with E-state index in [0.717, 1.165) is 5.56 Å². The molecule has 0 aliphatic carbocycles. The molecule has 7 heteroatoms. The van der Waals surface area contributed by atoms with Gasteiger partial charge in [-0.1, -0.05) is 49.4 Å². The summed E-state index contributed by atoms with van der Waals surface area (Å²) in [5.74, 6) is 0.343. The van der Waals surface area contributed by atoms with Crippen LogP contribution in [0.1, 0.15) is 24.9 Å². The molecule has 4 aromatic rings. The van der Waals surface area contributed by atoms with Crippen LogP contribution in [0.2, 0.25) is 0 Å². The van der Waals surface area contributed by atoms with Crippen molar-refractivity contribution < 1.29 is 9.53 Å². The van der Waals surface area contributed by atoms with Gasteiger partial charge in [0, 0.05) is 5.69 Å². The highest BCUT2D eigenvalue weighted by Crippen LogP contribution is 2.20. The maximum Gasteiger partial charge on any atom is 0.332 e. The van der Waals surface area contributed by atoms with Crippen LogP contribution in [-0.4, -0.2) is 22.2 Å². The maximum atomic E-state index is 13.6. The first-order valence-electron chi connectivity index (χ1n) is 10.8. The number of aromatic nitrogens is 2. The van der Waals surface area contributed by atoms with Crippen LogP contribution < -0.4 is 21.3 Å². The predicted molar refractivity (Wildman–Crippen MR) is 129 cm³/mol. The Bertz CT molecular complexity index is 1390. The molecule has 1 aromatic heterocycles. The lowest BCUT2D eigenvalue weighted by atomic mass is 10.1. The molecule has 0 aliphatic rings. The lowest BCUT2D eigenvalue weighted by molar-refractivity contribution is -0.119. The summed E-state index contributed by atoms with van der Waals surface area (Å²) in [7, 11) is 1.57. The van der Waals surface area contributed by atoms with Crippen molar-refractivity contribution in [1.82, 2.24) is 9.13 Å². The zero-order valence-corrected chi connectivity index (χ0v) is 18.5. The van der Waals surface area contributed by atoms with Gasteiger partial charge in [0.1, 0.15) is 11.8 Å². The molecule has 33 heavy (non-hydrogen) atoms. The van der Waals surface area contributed by atoms with Crippen LogP contribution in [-0.2, 0) is 11.3 Å². The Labute approximate surface area is 190 Å². The molecule has 0 bridgehead atoms. The first-order valence-corrected chi connectivity index (χ1v) is 10.8. The van der Waals surface area contributed by atoms with E-state index < -0.39 is 11.7 Å². The molecule has 0 saturated carbocycles. The van der Waals surface area contributed by atoms with E-state index in [9.17, 15) is 14.4 Å². The molecule has 0 unspecified atom stereocenters. The number of para-hydroxylation sites is 1. The van der Waals surface area contributed by atoms with Gasteiger partial charge in [-0.25, -0.2) is 4.79 Å². The molecule has 1 N–H and O–H groups in total. The molecule has 7 nitrogen and oxygen atoms in total. The molecule has 0 spiro atoms. The summed E-state index contributed by atoms with van der Waals surface area (Å²) in [6.07, 6.45) is 0.370. The smallest absolute Gasteiger partial charge is 0.332 e. The largest absolute Gasteiger partial charge is 0.497 e. The van der Waals surface area contributed by atoms with Crippen LogP contribution in [0.15, 0.2) is 88.5 Å². The molecular weight excluding hydrogens is 418 g/mol. The Morgan fingerprint density at radius 1 is 0.939 bits per heavy atom. The minimum Gasteiger partial charge on any atom is -0.497 e. The fourth-order valence-electron chi connectivity index (χ4n) is 3.92. The molecule has 0 radical (unpaired) electrons. The van der Waals surface area contributed by atoms with Crippen LogP contribution in [0, 0.1) is 0 Å². The number of ether oxygens (including phenoxy) is 1. The number of rotatable bonds is 7. The number of hydrogen-bond donors (Lipinski definition) is 1. The standard InChI is InChI=1S/C26H25N3O4/c1-3-22(24(30)27-19-13-15-20(33-2)16-14-19)29-23-12-8-7-11-21(23)25(31)28(26(29)32)17-18-9-5-4-6-10-18/h4-16,22H,3,17H2,1-2H3,(H,27,30)/t22-/m1/s1. The van der Waals surface area contributed by atoms with E-state index in [2.05, 4.69) is 5.32 Å². The van der Waals surface area contributed by atoms with Gasteiger partial charge in [-0.3, -0.25) is 18.7 Å². The zero-order chi connectivity index (χ0) is 23.4. The summed E-state index contributed by atoms with van der Waals surface area (Å²) < 4.78 is 7.78. The lowest BCUT2D eigenvalue weighted by Gasteiger charge is -2.21. The second-order valence-electron chi connectivity index (χ2n) is 7.69. The third-order valence-electron chi connectivity index (χ3n) is 5.62. The summed E-state index contributed by atoms with van der Waals surface area (Å²) in [6, 6.07) is 22.4. The van der Waals surface area contributed by atoms with Gasteiger partial charge < -0.3 is 10.1 Å². The highest BCUT2D eigenvalue weighted by molar-refractivity contribution is 5.94. The minimum absolute atomic E-state index is 0.125. The third kappa shape index (κ3) is 4.43. The van der Waals surface area contributed by atoms with Crippen LogP contribution in [0.3, 0.4) is 0 Å². The monoisotopic (exact) mass is 443 g/mol. The topological polar surface area (TPSA) is 82.3 Å². The molecule has 1 amide bonds. The highest BCUT2D eigenvalue weighted by Gasteiger charge is 2.24. The van der Waals surface area contributed by atoms with Crippen molar-refractivity contribution in [3.63, 3.8) is 0 Å². The summed E-state index contributed by atoms with van der Waals surface area (Å²) in [5, 5.41) is 3.27. The number of hydrogen-bond acceptors (Lipinski definition) is 4. The second-order valence-corrected chi connectivity index (χ2v) is 7.69. The van der Waals surface area contributed by atoms with E-state index in [1.54, 1.807) is 55.6 Å². The summed E-state index contributed by atoms with van der Waals surface area (Å²) >= 11 is 0. The molecule has 0 aliphatic heterocycles. The van der Waals surface area contributed by atoms with E-state index >= 15 is 0 Å². The van der Waals surface area contributed by atoms with Crippen LogP contribution in [0.5, 0.6) is 5.75 Å². The molecule has 0 saturated heterocycles. The van der Waals surface area contributed by atoms with Crippen molar-refractivity contribution >= 4 is 22.5 Å². The number of methoxy groups -OCH3 is 1. The normalized spacial score (nSPS) is 11.8. The maximum absolute atomic E-state index is 13.6. The molecule has 1 atom stereocenters. The average Bonchev–Trinajstić information content (AvgIpc) is 2.85. The summed E-state index contributed by atoms with van der Waals surface area (Å²) in [6.45, 7) is 1.96. The van der Waals surface area contributed by atoms with Crippen LogP contribution in [0.25, 0.3) is 10.9 Å². The first kappa shape index (κ1) is 22.1. The number of nitrogens with one attached hydrogen (secondary N) is 1. The summed E-state index contributed by atoms with van der Waals surface area (Å²) in [5.41, 5.74) is 0.970. The van der Waals surface area contributed by atoms with Crippen molar-refractivity contribution in [3.05, 3.63) is 105 Å². The van der Waals surface area contributed by atoms with Gasteiger partial charge >= 0.3 is 5.69 Å². The average molecular weight is 444 g/mol.